The summed E-state index contributed by atoms with van der Waals surface area (Å²) in [6, 6.07) is 3.03. The SMILES string of the molecule is Cc1cc(B2CC(C)(C)C(C)(C)C2)n(C2CCCCC2)n1. The highest BCUT2D eigenvalue weighted by molar-refractivity contribution is 6.73. The topological polar surface area (TPSA) is 17.8 Å². The first kappa shape index (κ1) is 15.2. The summed E-state index contributed by atoms with van der Waals surface area (Å²) in [6.07, 6.45) is 9.43. The van der Waals surface area contributed by atoms with Crippen LogP contribution >= 0.6 is 0 Å². The third-order valence-electron chi connectivity index (χ3n) is 6.57. The van der Waals surface area contributed by atoms with Crippen LogP contribution < -0.4 is 5.59 Å². The number of hydrogen-bond donors (Lipinski definition) is 0. The van der Waals surface area contributed by atoms with Gasteiger partial charge in [0.15, 0.2) is 0 Å². The van der Waals surface area contributed by atoms with Crippen LogP contribution in [0, 0.1) is 17.8 Å². The fourth-order valence-electron chi connectivity index (χ4n) is 4.53. The van der Waals surface area contributed by atoms with Crippen LogP contribution in [0.3, 0.4) is 0 Å². The quantitative estimate of drug-likeness (QED) is 0.734. The van der Waals surface area contributed by atoms with Crippen molar-refractivity contribution in [3.05, 3.63) is 11.8 Å². The van der Waals surface area contributed by atoms with E-state index in [0.29, 0.717) is 23.6 Å². The summed E-state index contributed by atoms with van der Waals surface area (Å²) in [4.78, 5) is 0. The van der Waals surface area contributed by atoms with E-state index >= 15 is 0 Å². The fraction of sp³-hybridized carbons (Fsp3) is 0.833. The number of nitrogens with zero attached hydrogens (tertiary/aromatic N) is 2. The molecule has 116 valence electrons. The second-order valence-corrected chi connectivity index (χ2v) is 8.82. The average Bonchev–Trinajstić information content (AvgIpc) is 2.89. The van der Waals surface area contributed by atoms with Crippen LogP contribution in [0.15, 0.2) is 6.07 Å². The van der Waals surface area contributed by atoms with Gasteiger partial charge in [0.1, 0.15) is 0 Å². The standard InChI is InChI=1S/C18H31BN2/c1-14-11-16(19-12-17(2,3)18(4,5)13-19)21(20-14)15-9-7-6-8-10-15/h11,15H,6-10,12-13H2,1-5H3. The Morgan fingerprint density at radius 2 is 1.62 bits per heavy atom. The van der Waals surface area contributed by atoms with Crippen molar-refractivity contribution in [3.63, 3.8) is 0 Å². The predicted molar refractivity (Wildman–Crippen MR) is 91.7 cm³/mol. The van der Waals surface area contributed by atoms with Gasteiger partial charge in [-0.25, -0.2) is 0 Å². The van der Waals surface area contributed by atoms with Crippen molar-refractivity contribution in [2.75, 3.05) is 0 Å². The van der Waals surface area contributed by atoms with Crippen molar-refractivity contribution in [2.24, 2.45) is 10.8 Å². The van der Waals surface area contributed by atoms with Crippen molar-refractivity contribution in [1.29, 1.82) is 0 Å². The lowest BCUT2D eigenvalue weighted by molar-refractivity contribution is 0.177. The zero-order chi connectivity index (χ0) is 15.3. The highest BCUT2D eigenvalue weighted by Gasteiger charge is 2.49. The van der Waals surface area contributed by atoms with Crippen LogP contribution in [0.5, 0.6) is 0 Å². The van der Waals surface area contributed by atoms with Gasteiger partial charge in [-0.1, -0.05) is 59.6 Å². The van der Waals surface area contributed by atoms with Crippen molar-refractivity contribution in [1.82, 2.24) is 9.78 Å². The Morgan fingerprint density at radius 1 is 1.05 bits per heavy atom. The zero-order valence-corrected chi connectivity index (χ0v) is 14.6. The lowest BCUT2D eigenvalue weighted by atomic mass is 9.44. The van der Waals surface area contributed by atoms with Crippen molar-refractivity contribution in [2.45, 2.75) is 85.4 Å². The Kier molecular flexibility index (Phi) is 3.74. The molecule has 0 bridgehead atoms. The molecule has 2 fully saturated rings. The van der Waals surface area contributed by atoms with Gasteiger partial charge in [-0.3, -0.25) is 4.68 Å². The van der Waals surface area contributed by atoms with E-state index < -0.39 is 0 Å². The van der Waals surface area contributed by atoms with Gasteiger partial charge in [-0.05, 0) is 36.7 Å². The van der Waals surface area contributed by atoms with Crippen LogP contribution in [0.2, 0.25) is 12.6 Å². The Morgan fingerprint density at radius 3 is 2.19 bits per heavy atom. The second-order valence-electron chi connectivity index (χ2n) is 8.82. The van der Waals surface area contributed by atoms with Gasteiger partial charge in [-0.15, -0.1) is 0 Å². The maximum atomic E-state index is 4.89. The second kappa shape index (κ2) is 5.17. The first-order valence-corrected chi connectivity index (χ1v) is 8.86. The van der Waals surface area contributed by atoms with Gasteiger partial charge in [0.2, 0.25) is 6.71 Å². The largest absolute Gasteiger partial charge is 0.275 e. The van der Waals surface area contributed by atoms with E-state index in [0.717, 1.165) is 0 Å². The fourth-order valence-corrected chi connectivity index (χ4v) is 4.53. The first-order chi connectivity index (χ1) is 9.80. The van der Waals surface area contributed by atoms with Crippen LogP contribution in [-0.2, 0) is 0 Å². The maximum absolute atomic E-state index is 4.89. The molecule has 1 aromatic rings. The number of rotatable bonds is 2. The lowest BCUT2D eigenvalue weighted by Crippen LogP contribution is -2.37. The molecule has 1 saturated carbocycles. The van der Waals surface area contributed by atoms with E-state index in [4.69, 9.17) is 5.10 Å². The van der Waals surface area contributed by atoms with Gasteiger partial charge in [0.25, 0.3) is 0 Å². The third-order valence-corrected chi connectivity index (χ3v) is 6.57. The van der Waals surface area contributed by atoms with Gasteiger partial charge >= 0.3 is 0 Å². The molecule has 1 aromatic heterocycles. The Labute approximate surface area is 130 Å². The molecule has 21 heavy (non-hydrogen) atoms. The Balaban J connectivity index is 1.89. The molecule has 2 aliphatic rings. The molecule has 0 unspecified atom stereocenters. The minimum Gasteiger partial charge on any atom is -0.275 e. The molecule has 1 aliphatic heterocycles. The summed E-state index contributed by atoms with van der Waals surface area (Å²) in [5, 5.41) is 4.89. The van der Waals surface area contributed by atoms with E-state index in [1.54, 1.807) is 0 Å². The van der Waals surface area contributed by atoms with Crippen molar-refractivity contribution < 1.29 is 0 Å². The first-order valence-electron chi connectivity index (χ1n) is 8.86. The summed E-state index contributed by atoms with van der Waals surface area (Å²) in [7, 11) is 0. The molecule has 0 aromatic carbocycles. The monoisotopic (exact) mass is 286 g/mol. The van der Waals surface area contributed by atoms with Crippen molar-refractivity contribution in [3.8, 4) is 0 Å². The minimum atomic E-state index is 0.424. The summed E-state index contributed by atoms with van der Waals surface area (Å²) >= 11 is 0. The molecule has 1 saturated heterocycles. The number of aromatic nitrogens is 2. The molecule has 0 atom stereocenters. The summed E-state index contributed by atoms with van der Waals surface area (Å²) in [6.45, 7) is 12.6. The molecule has 2 nitrogen and oxygen atoms in total. The Hall–Kier alpha value is -0.725. The molecule has 3 heteroatoms. The van der Waals surface area contributed by atoms with E-state index in [-0.39, 0.29) is 0 Å². The van der Waals surface area contributed by atoms with Crippen molar-refractivity contribution >= 4 is 12.3 Å². The predicted octanol–water partition coefficient (Wildman–Crippen LogP) is 4.46. The van der Waals surface area contributed by atoms with Crippen LogP contribution in [0.25, 0.3) is 0 Å². The zero-order valence-electron chi connectivity index (χ0n) is 14.6. The smallest absolute Gasteiger partial charge is 0.201 e. The van der Waals surface area contributed by atoms with Crippen LogP contribution in [0.4, 0.5) is 0 Å². The highest BCUT2D eigenvalue weighted by Crippen LogP contribution is 2.52. The van der Waals surface area contributed by atoms with E-state index in [1.165, 1.54) is 56.0 Å². The van der Waals surface area contributed by atoms with E-state index in [1.807, 2.05) is 0 Å². The van der Waals surface area contributed by atoms with Gasteiger partial charge in [-0.2, -0.15) is 5.10 Å². The highest BCUT2D eigenvalue weighted by atomic mass is 15.3. The summed E-state index contributed by atoms with van der Waals surface area (Å²) < 4.78 is 2.43. The molecular formula is C18H31BN2. The summed E-state index contributed by atoms with van der Waals surface area (Å²) in [5.41, 5.74) is 3.58. The van der Waals surface area contributed by atoms with Gasteiger partial charge < -0.3 is 0 Å². The van der Waals surface area contributed by atoms with E-state index in [2.05, 4.69) is 45.4 Å². The van der Waals surface area contributed by atoms with Crippen LogP contribution in [0.1, 0.15) is 71.5 Å². The lowest BCUT2D eigenvalue weighted by Gasteiger charge is -2.35. The third kappa shape index (κ3) is 2.69. The normalized spacial score (nSPS) is 25.5. The van der Waals surface area contributed by atoms with Gasteiger partial charge in [0, 0.05) is 5.59 Å². The minimum absolute atomic E-state index is 0.424. The molecule has 0 spiro atoms. The maximum Gasteiger partial charge on any atom is 0.201 e. The molecule has 0 radical (unpaired) electrons. The summed E-state index contributed by atoms with van der Waals surface area (Å²) in [5.74, 6) is 0. The van der Waals surface area contributed by atoms with Crippen LogP contribution in [-0.4, -0.2) is 16.5 Å². The molecule has 0 amide bonds. The average molecular weight is 286 g/mol. The molecule has 2 heterocycles. The number of hydrogen-bond acceptors (Lipinski definition) is 1. The van der Waals surface area contributed by atoms with Gasteiger partial charge in [0.05, 0.1) is 11.7 Å². The molecule has 1 aliphatic carbocycles. The molecular weight excluding hydrogens is 255 g/mol. The Bertz CT molecular complexity index is 493. The number of aryl methyl sites for hydroxylation is 1. The molecule has 0 N–H and O–H groups in total. The molecule has 3 rings (SSSR count). The van der Waals surface area contributed by atoms with E-state index in [9.17, 15) is 0 Å².